The largest absolute Gasteiger partial charge is 0.187 e. The molecule has 0 aliphatic rings. The molecule has 0 aromatic carbocycles. The average molecular weight is 176 g/mol. The van der Waals surface area contributed by atoms with E-state index < -0.39 is 0 Å². The molecular formula is H6AlFeNiSi. The second-order valence-electron chi connectivity index (χ2n) is 0. The zero-order valence-electron chi connectivity index (χ0n) is 1.67. The van der Waals surface area contributed by atoms with E-state index in [2.05, 4.69) is 0 Å². The van der Waals surface area contributed by atoms with Gasteiger partial charge >= 0.3 is 0 Å². The van der Waals surface area contributed by atoms with Gasteiger partial charge in [0.2, 0.25) is 0 Å². The fraction of sp³-hybridized carbons (Fsp3) is 0. The summed E-state index contributed by atoms with van der Waals surface area (Å²) in [4.78, 5) is 0. The normalized spacial score (nSPS) is 0. The van der Waals surface area contributed by atoms with Crippen LogP contribution in [0.15, 0.2) is 0 Å². The Morgan fingerprint density at radius 3 is 1.00 bits per heavy atom. The third-order valence-corrected chi connectivity index (χ3v) is 0. The van der Waals surface area contributed by atoms with Gasteiger partial charge in [0.25, 0.3) is 0 Å². The molecule has 0 N–H and O–H groups in total. The van der Waals surface area contributed by atoms with Gasteiger partial charge in [0.05, 0.1) is 0 Å². The van der Waals surface area contributed by atoms with Gasteiger partial charge in [0, 0.05) is 33.6 Å². The summed E-state index contributed by atoms with van der Waals surface area (Å²) in [6.07, 6.45) is 0. The van der Waals surface area contributed by atoms with Crippen LogP contribution in [0.2, 0.25) is 0 Å². The van der Waals surface area contributed by atoms with Crippen LogP contribution in [0.1, 0.15) is 0 Å². The maximum Gasteiger partial charge on any atom is 0.187 e. The molecule has 0 bridgehead atoms. The van der Waals surface area contributed by atoms with Crippen LogP contribution >= 0.6 is 0 Å². The third kappa shape index (κ3) is 9.24. The zero-order valence-corrected chi connectivity index (χ0v) is 5.76. The van der Waals surface area contributed by atoms with Crippen molar-refractivity contribution in [2.24, 2.45) is 0 Å². The van der Waals surface area contributed by atoms with E-state index >= 15 is 0 Å². The average Bonchev–Trinajstić information content (AvgIpc) is 0. The molecule has 0 aromatic heterocycles. The Hall–Kier alpha value is 1.76. The Labute approximate surface area is 61.7 Å². The molecule has 0 saturated carbocycles. The fourth-order valence-electron chi connectivity index (χ4n) is 0. The van der Waals surface area contributed by atoms with Crippen molar-refractivity contribution in [2.75, 3.05) is 0 Å². The molecule has 0 saturated heterocycles. The molecule has 0 aliphatic heterocycles. The van der Waals surface area contributed by atoms with E-state index in [1.165, 1.54) is 0 Å². The first kappa shape index (κ1) is 42.1. The maximum atomic E-state index is 0. The molecular weight excluding hydrogens is 170 g/mol. The van der Waals surface area contributed by atoms with E-state index in [0.717, 1.165) is 0 Å². The third-order valence-electron chi connectivity index (χ3n) is 0. The summed E-state index contributed by atoms with van der Waals surface area (Å²) in [5.74, 6) is 0. The van der Waals surface area contributed by atoms with Crippen molar-refractivity contribution in [3.8, 4) is 0 Å². The molecule has 0 atom stereocenters. The monoisotopic (exact) mass is 175 g/mol. The van der Waals surface area contributed by atoms with Crippen LogP contribution in [0, 0.1) is 0 Å². The summed E-state index contributed by atoms with van der Waals surface area (Å²) in [7, 11) is 0. The Balaban J connectivity index is 0. The number of hydrogen-bond donors (Lipinski definition) is 0. The van der Waals surface area contributed by atoms with Gasteiger partial charge in [-0.2, -0.15) is 0 Å². The van der Waals surface area contributed by atoms with Gasteiger partial charge in [0.1, 0.15) is 0 Å². The topological polar surface area (TPSA) is 0 Å². The molecule has 0 amide bonds. The zero-order chi connectivity index (χ0) is 0. The van der Waals surface area contributed by atoms with E-state index in [9.17, 15) is 0 Å². The Kier molecular flexibility index (Phi) is 228. The Morgan fingerprint density at radius 2 is 1.00 bits per heavy atom. The molecule has 4 heavy (non-hydrogen) atoms. The van der Waals surface area contributed by atoms with Gasteiger partial charge in [-0.1, -0.05) is 0 Å². The molecule has 0 heterocycles. The summed E-state index contributed by atoms with van der Waals surface area (Å²) in [5, 5.41) is 0. The first-order valence-corrected chi connectivity index (χ1v) is 0. The number of hydrogen-bond acceptors (Lipinski definition) is 0. The second-order valence-corrected chi connectivity index (χ2v) is 0. The quantitative estimate of drug-likeness (QED) is 0.361. The van der Waals surface area contributed by atoms with Gasteiger partial charge in [-0.25, -0.2) is 0 Å². The standard InChI is InChI=1S/Al.Fe.Ni.H3Si.3H/h;;;1H3;;;. The van der Waals surface area contributed by atoms with Crippen molar-refractivity contribution in [2.45, 2.75) is 0 Å². The van der Waals surface area contributed by atoms with Crippen LogP contribution in [0.25, 0.3) is 0 Å². The van der Waals surface area contributed by atoms with Gasteiger partial charge < -0.3 is 0 Å². The first-order valence-electron chi connectivity index (χ1n) is 0. The number of rotatable bonds is 0. The van der Waals surface area contributed by atoms with Crippen LogP contribution in [0.4, 0.5) is 0 Å². The summed E-state index contributed by atoms with van der Waals surface area (Å²) in [6, 6.07) is 0. The Bertz CT molecular complexity index is 8.00. The van der Waals surface area contributed by atoms with Crippen molar-refractivity contribution >= 4 is 28.3 Å². The predicted octanol–water partition coefficient (Wildman–Crippen LogP) is -2.37. The van der Waals surface area contributed by atoms with Crippen molar-refractivity contribution in [1.82, 2.24) is 0 Å². The van der Waals surface area contributed by atoms with Crippen LogP contribution in [-0.2, 0) is 33.6 Å². The van der Waals surface area contributed by atoms with Gasteiger partial charge in [-0.3, -0.25) is 0 Å². The van der Waals surface area contributed by atoms with Gasteiger partial charge in [0.15, 0.2) is 17.4 Å². The summed E-state index contributed by atoms with van der Waals surface area (Å²) in [6.45, 7) is 0. The minimum Gasteiger partial charge on any atom is -0.0125 e. The minimum atomic E-state index is 0. The molecule has 0 aliphatic carbocycles. The van der Waals surface area contributed by atoms with E-state index in [-0.39, 0.29) is 61.9 Å². The van der Waals surface area contributed by atoms with Crippen molar-refractivity contribution in [3.63, 3.8) is 0 Å². The fourth-order valence-corrected chi connectivity index (χ4v) is 0. The summed E-state index contributed by atoms with van der Waals surface area (Å²) < 4.78 is 0. The predicted molar refractivity (Wildman–Crippen MR) is 19.9 cm³/mol. The van der Waals surface area contributed by atoms with Crippen LogP contribution in [0.5, 0.6) is 0 Å². The molecule has 0 nitrogen and oxygen atoms in total. The van der Waals surface area contributed by atoms with E-state index in [4.69, 9.17) is 0 Å². The minimum absolute atomic E-state index is 0. The summed E-state index contributed by atoms with van der Waals surface area (Å²) in [5.41, 5.74) is 0. The Morgan fingerprint density at radius 1 is 1.00 bits per heavy atom. The van der Waals surface area contributed by atoms with E-state index in [1.807, 2.05) is 0 Å². The molecule has 0 rings (SSSR count). The smallest absolute Gasteiger partial charge is 0.0125 e. The maximum absolute atomic E-state index is 0. The SMILES string of the molecule is [AlH3].[Fe].[Ni].[SiH3]. The molecule has 0 unspecified atom stereocenters. The van der Waals surface area contributed by atoms with Gasteiger partial charge in [-0.15, -0.1) is 0 Å². The van der Waals surface area contributed by atoms with E-state index in [1.54, 1.807) is 0 Å². The molecule has 0 fully saturated rings. The molecule has 1 radical (unpaired) electrons. The van der Waals surface area contributed by atoms with Crippen molar-refractivity contribution < 1.29 is 33.6 Å². The van der Waals surface area contributed by atoms with Crippen LogP contribution < -0.4 is 0 Å². The van der Waals surface area contributed by atoms with Crippen molar-refractivity contribution in [1.29, 1.82) is 0 Å². The molecule has 31 valence electrons. The molecule has 4 heteroatoms. The van der Waals surface area contributed by atoms with Crippen LogP contribution in [0.3, 0.4) is 0 Å². The van der Waals surface area contributed by atoms with Crippen LogP contribution in [-0.4, -0.2) is 28.3 Å². The second kappa shape index (κ2) is 21.7. The molecule has 0 aromatic rings. The summed E-state index contributed by atoms with van der Waals surface area (Å²) >= 11 is 0. The molecule has 0 spiro atoms. The van der Waals surface area contributed by atoms with Crippen molar-refractivity contribution in [3.05, 3.63) is 0 Å². The van der Waals surface area contributed by atoms with Gasteiger partial charge in [-0.05, 0) is 11.0 Å². The first-order chi connectivity index (χ1) is 0. The van der Waals surface area contributed by atoms with E-state index in [0.29, 0.717) is 0 Å².